The van der Waals surface area contributed by atoms with Gasteiger partial charge in [0.15, 0.2) is 5.78 Å². The van der Waals surface area contributed by atoms with Gasteiger partial charge in [-0.1, -0.05) is 61.8 Å². The highest BCUT2D eigenvalue weighted by molar-refractivity contribution is 6.31. The minimum absolute atomic E-state index is 0.0659. The fraction of sp³-hybridized carbons (Fsp3) is 0.250. The van der Waals surface area contributed by atoms with Crippen LogP contribution in [0.1, 0.15) is 43.7 Å². The van der Waals surface area contributed by atoms with Crippen molar-refractivity contribution in [2.75, 3.05) is 5.32 Å². The van der Waals surface area contributed by atoms with Crippen molar-refractivity contribution in [3.8, 4) is 5.69 Å². The predicted molar refractivity (Wildman–Crippen MR) is 118 cm³/mol. The van der Waals surface area contributed by atoms with Crippen molar-refractivity contribution in [3.05, 3.63) is 92.4 Å². The summed E-state index contributed by atoms with van der Waals surface area (Å²) in [7, 11) is 0. The molecular formula is C24H22ClN3O2. The largest absolute Gasteiger partial charge is 0.343 e. The number of ketones is 1. The second kappa shape index (κ2) is 6.74. The maximum Gasteiger partial charge on any atom is 0.277 e. The van der Waals surface area contributed by atoms with Crippen molar-refractivity contribution in [3.63, 3.8) is 0 Å². The van der Waals surface area contributed by atoms with Crippen LogP contribution in [-0.2, 0) is 4.79 Å². The lowest BCUT2D eigenvalue weighted by Crippen LogP contribution is -2.35. The number of aromatic amines is 1. The molecule has 1 aliphatic heterocycles. The Hall–Kier alpha value is -3.05. The van der Waals surface area contributed by atoms with Crippen LogP contribution in [0.25, 0.3) is 5.69 Å². The van der Waals surface area contributed by atoms with Crippen molar-refractivity contribution in [1.82, 2.24) is 9.78 Å². The molecule has 2 aromatic carbocycles. The minimum atomic E-state index is -0.498. The molecule has 1 unspecified atom stereocenters. The average Bonchev–Trinajstić information content (AvgIpc) is 3.03. The quantitative estimate of drug-likeness (QED) is 0.612. The first-order valence-corrected chi connectivity index (χ1v) is 10.4. The van der Waals surface area contributed by atoms with Crippen LogP contribution in [0.5, 0.6) is 0 Å². The van der Waals surface area contributed by atoms with Crippen LogP contribution >= 0.6 is 11.6 Å². The number of anilines is 1. The average molecular weight is 420 g/mol. The van der Waals surface area contributed by atoms with Gasteiger partial charge >= 0.3 is 0 Å². The van der Waals surface area contributed by atoms with Gasteiger partial charge in [0.05, 0.1) is 11.3 Å². The summed E-state index contributed by atoms with van der Waals surface area (Å²) in [5, 5.41) is 7.14. The molecule has 1 atom stereocenters. The van der Waals surface area contributed by atoms with E-state index in [1.807, 2.05) is 48.5 Å². The lowest BCUT2D eigenvalue weighted by Gasteiger charge is -2.38. The molecule has 5 nitrogen and oxygen atoms in total. The van der Waals surface area contributed by atoms with E-state index < -0.39 is 5.92 Å². The molecule has 5 rings (SSSR count). The highest BCUT2D eigenvalue weighted by Crippen LogP contribution is 2.48. The number of benzene rings is 2. The van der Waals surface area contributed by atoms with Gasteiger partial charge in [-0.2, -0.15) is 0 Å². The van der Waals surface area contributed by atoms with E-state index in [0.29, 0.717) is 28.4 Å². The molecular weight excluding hydrogens is 398 g/mol. The Kier molecular flexibility index (Phi) is 4.26. The summed E-state index contributed by atoms with van der Waals surface area (Å²) in [6, 6.07) is 16.9. The summed E-state index contributed by atoms with van der Waals surface area (Å²) >= 11 is 6.56. The van der Waals surface area contributed by atoms with Gasteiger partial charge in [-0.3, -0.25) is 14.7 Å². The number of hydrogen-bond acceptors (Lipinski definition) is 3. The highest BCUT2D eigenvalue weighted by atomic mass is 35.5. The van der Waals surface area contributed by atoms with Crippen LogP contribution in [0.2, 0.25) is 5.02 Å². The number of para-hydroxylation sites is 1. The summed E-state index contributed by atoms with van der Waals surface area (Å²) in [5.74, 6) is 0.191. The molecule has 152 valence electrons. The molecule has 0 spiro atoms. The van der Waals surface area contributed by atoms with Gasteiger partial charge in [0, 0.05) is 28.6 Å². The SMILES string of the molecule is CC1(C)CC(=O)C2=C(C1)Nc1[nH]n(-c3ccccc3)c(=O)c1C2c1ccccc1Cl. The normalized spacial score (nSPS) is 19.8. The summed E-state index contributed by atoms with van der Waals surface area (Å²) in [6.07, 6.45) is 1.17. The van der Waals surface area contributed by atoms with Gasteiger partial charge in [0.2, 0.25) is 0 Å². The monoisotopic (exact) mass is 419 g/mol. The summed E-state index contributed by atoms with van der Waals surface area (Å²) in [6.45, 7) is 4.18. The lowest BCUT2D eigenvalue weighted by molar-refractivity contribution is -0.118. The summed E-state index contributed by atoms with van der Waals surface area (Å²) in [4.78, 5) is 26.8. The summed E-state index contributed by atoms with van der Waals surface area (Å²) < 4.78 is 1.52. The standard InChI is InChI=1S/C24H22ClN3O2/c1-24(2)12-17-20(18(29)13-24)19(15-10-6-7-11-16(15)25)21-22(26-17)27-28(23(21)30)14-8-4-3-5-9-14/h3-11,19,26-27H,12-13H2,1-2H3. The van der Waals surface area contributed by atoms with E-state index in [2.05, 4.69) is 24.3 Å². The topological polar surface area (TPSA) is 66.9 Å². The number of carbonyl (C=O) groups is 1. The number of fused-ring (bicyclic) bond motifs is 1. The van der Waals surface area contributed by atoms with E-state index in [-0.39, 0.29) is 16.8 Å². The first kappa shape index (κ1) is 18.9. The molecule has 2 aliphatic rings. The van der Waals surface area contributed by atoms with Gasteiger partial charge in [-0.15, -0.1) is 0 Å². The van der Waals surface area contributed by atoms with Gasteiger partial charge in [0.25, 0.3) is 5.56 Å². The highest BCUT2D eigenvalue weighted by Gasteiger charge is 2.43. The van der Waals surface area contributed by atoms with Gasteiger partial charge in [-0.05, 0) is 35.6 Å². The van der Waals surface area contributed by atoms with Gasteiger partial charge < -0.3 is 5.32 Å². The molecule has 6 heteroatoms. The van der Waals surface area contributed by atoms with Crippen LogP contribution in [-0.4, -0.2) is 15.6 Å². The molecule has 1 aliphatic carbocycles. The Morgan fingerprint density at radius 2 is 1.70 bits per heavy atom. The van der Waals surface area contributed by atoms with Crippen LogP contribution in [0, 0.1) is 5.41 Å². The van der Waals surface area contributed by atoms with E-state index >= 15 is 0 Å². The zero-order valence-corrected chi connectivity index (χ0v) is 17.6. The molecule has 0 bridgehead atoms. The number of nitrogens with one attached hydrogen (secondary N) is 2. The summed E-state index contributed by atoms with van der Waals surface area (Å²) in [5.41, 5.74) is 3.24. The zero-order valence-electron chi connectivity index (χ0n) is 16.8. The van der Waals surface area contributed by atoms with E-state index in [4.69, 9.17) is 11.6 Å². The number of nitrogens with zero attached hydrogens (tertiary/aromatic N) is 1. The fourth-order valence-corrected chi connectivity index (χ4v) is 4.91. The molecule has 3 aromatic rings. The smallest absolute Gasteiger partial charge is 0.277 e. The Morgan fingerprint density at radius 1 is 1.00 bits per heavy atom. The molecule has 0 saturated carbocycles. The maximum atomic E-state index is 13.5. The third kappa shape index (κ3) is 2.92. The molecule has 0 radical (unpaired) electrons. The van der Waals surface area contributed by atoms with Crippen molar-refractivity contribution >= 4 is 23.2 Å². The Balaban J connectivity index is 1.77. The number of H-pyrrole nitrogens is 1. The molecule has 0 fully saturated rings. The van der Waals surface area contributed by atoms with E-state index in [1.54, 1.807) is 6.07 Å². The van der Waals surface area contributed by atoms with Crippen molar-refractivity contribution < 1.29 is 4.79 Å². The minimum Gasteiger partial charge on any atom is -0.343 e. The molecule has 0 saturated heterocycles. The number of Topliss-reactive ketones (excluding diaryl/α,β-unsaturated/α-hetero) is 1. The second-order valence-electron chi connectivity index (χ2n) is 8.79. The number of hydrogen-bond donors (Lipinski definition) is 2. The van der Waals surface area contributed by atoms with Gasteiger partial charge in [0.1, 0.15) is 5.82 Å². The molecule has 0 amide bonds. The van der Waals surface area contributed by atoms with E-state index in [9.17, 15) is 9.59 Å². The predicted octanol–water partition coefficient (Wildman–Crippen LogP) is 5.02. The number of aromatic nitrogens is 2. The number of rotatable bonds is 2. The number of carbonyl (C=O) groups excluding carboxylic acids is 1. The first-order chi connectivity index (χ1) is 14.4. The molecule has 2 N–H and O–H groups in total. The van der Waals surface area contributed by atoms with Gasteiger partial charge in [-0.25, -0.2) is 4.68 Å². The van der Waals surface area contributed by atoms with E-state index in [0.717, 1.165) is 23.4 Å². The van der Waals surface area contributed by atoms with Crippen LogP contribution in [0.3, 0.4) is 0 Å². The zero-order chi connectivity index (χ0) is 21.0. The molecule has 2 heterocycles. The number of halogens is 1. The van der Waals surface area contributed by atoms with Crippen LogP contribution in [0.4, 0.5) is 5.82 Å². The maximum absolute atomic E-state index is 13.5. The van der Waals surface area contributed by atoms with Crippen molar-refractivity contribution in [1.29, 1.82) is 0 Å². The van der Waals surface area contributed by atoms with Crippen LogP contribution in [0.15, 0.2) is 70.7 Å². The first-order valence-electron chi connectivity index (χ1n) is 10.0. The second-order valence-corrected chi connectivity index (χ2v) is 9.20. The fourth-order valence-electron chi connectivity index (χ4n) is 4.67. The third-order valence-electron chi connectivity index (χ3n) is 5.93. The van der Waals surface area contributed by atoms with Crippen molar-refractivity contribution in [2.24, 2.45) is 5.41 Å². The molecule has 30 heavy (non-hydrogen) atoms. The van der Waals surface area contributed by atoms with E-state index in [1.165, 1.54) is 4.68 Å². The third-order valence-corrected chi connectivity index (χ3v) is 6.27. The van der Waals surface area contributed by atoms with Crippen molar-refractivity contribution in [2.45, 2.75) is 32.6 Å². The van der Waals surface area contributed by atoms with Crippen LogP contribution < -0.4 is 10.9 Å². The Labute approximate surface area is 179 Å². The Bertz CT molecular complexity index is 1250. The lowest BCUT2D eigenvalue weighted by atomic mass is 9.69. The molecule has 1 aromatic heterocycles. The Morgan fingerprint density at radius 3 is 2.43 bits per heavy atom. The number of allylic oxidation sites excluding steroid dienone is 2.